The molecule has 0 unspecified atom stereocenters. The molecule has 34 heavy (non-hydrogen) atoms. The van der Waals surface area contributed by atoms with Crippen LogP contribution in [0, 0.1) is 0 Å². The number of hydrogen-bond donors (Lipinski definition) is 11. The van der Waals surface area contributed by atoms with Crippen LogP contribution in [0.25, 0.3) is 0 Å². The Labute approximate surface area is 192 Å². The Morgan fingerprint density at radius 1 is 0.735 bits per heavy atom. The van der Waals surface area contributed by atoms with Gasteiger partial charge < -0.3 is 79.9 Å². The standard InChI is InChI=1S/C18H32O16/c19-1-5(22)9(24)10(25)6(23)4-31-17-15(30)16(12(27)8(3-21)32-17)34-18-14(29)13(28)11(26)7(2-20)33-18/h1,5-18,20-30H,2-4H2/t5-,6+,7+,8+,9+,10+,11+,12+,13-,14+,15+,16-,17-,18+/m0/s1. The lowest BCUT2D eigenvalue weighted by atomic mass is 9.97. The van der Waals surface area contributed by atoms with Crippen molar-refractivity contribution in [2.24, 2.45) is 0 Å². The fraction of sp³-hybridized carbons (Fsp3) is 0.944. The minimum atomic E-state index is -2.05. The zero-order chi connectivity index (χ0) is 25.7. The molecule has 0 spiro atoms. The van der Waals surface area contributed by atoms with Crippen LogP contribution in [0.1, 0.15) is 0 Å². The average molecular weight is 504 g/mol. The molecule has 16 heteroatoms. The molecule has 0 aromatic rings. The van der Waals surface area contributed by atoms with Gasteiger partial charge in [0.1, 0.15) is 73.2 Å². The molecule has 2 heterocycles. The van der Waals surface area contributed by atoms with Crippen molar-refractivity contribution >= 4 is 6.29 Å². The lowest BCUT2D eigenvalue weighted by molar-refractivity contribution is -0.361. The Hall–Kier alpha value is -0.930. The second-order valence-corrected chi connectivity index (χ2v) is 8.01. The molecule has 0 bridgehead atoms. The summed E-state index contributed by atoms with van der Waals surface area (Å²) in [4.78, 5) is 10.5. The van der Waals surface area contributed by atoms with E-state index in [-0.39, 0.29) is 6.29 Å². The Morgan fingerprint density at radius 2 is 1.29 bits per heavy atom. The minimum Gasteiger partial charge on any atom is -0.394 e. The lowest BCUT2D eigenvalue weighted by Crippen LogP contribution is -2.65. The van der Waals surface area contributed by atoms with E-state index in [1.807, 2.05) is 0 Å². The smallest absolute Gasteiger partial charge is 0.187 e. The molecule has 16 nitrogen and oxygen atoms in total. The fourth-order valence-corrected chi connectivity index (χ4v) is 3.49. The second-order valence-electron chi connectivity index (χ2n) is 8.01. The highest BCUT2D eigenvalue weighted by Gasteiger charge is 2.51. The minimum absolute atomic E-state index is 0.0658. The molecule has 2 aliphatic heterocycles. The van der Waals surface area contributed by atoms with E-state index in [1.165, 1.54) is 0 Å². The van der Waals surface area contributed by atoms with E-state index < -0.39 is 106 Å². The molecule has 14 atom stereocenters. The molecular formula is C18H32O16. The van der Waals surface area contributed by atoms with Crippen LogP contribution in [-0.2, 0) is 23.7 Å². The van der Waals surface area contributed by atoms with Gasteiger partial charge in [-0.15, -0.1) is 0 Å². The summed E-state index contributed by atoms with van der Waals surface area (Å²) in [6.07, 6.45) is -24.9. The third kappa shape index (κ3) is 6.44. The van der Waals surface area contributed by atoms with Crippen LogP contribution < -0.4 is 0 Å². The predicted octanol–water partition coefficient (Wildman–Crippen LogP) is -7.73. The number of carbonyl (C=O) groups excluding carboxylic acids is 1. The quantitative estimate of drug-likeness (QED) is 0.117. The molecule has 0 aromatic carbocycles. The number of hydrogen-bond acceptors (Lipinski definition) is 16. The summed E-state index contributed by atoms with van der Waals surface area (Å²) in [5.74, 6) is 0. The Morgan fingerprint density at radius 3 is 1.85 bits per heavy atom. The predicted molar refractivity (Wildman–Crippen MR) is 102 cm³/mol. The average Bonchev–Trinajstić information content (AvgIpc) is 2.84. The van der Waals surface area contributed by atoms with Crippen molar-refractivity contribution in [2.45, 2.75) is 85.8 Å². The van der Waals surface area contributed by atoms with Crippen LogP contribution in [0.3, 0.4) is 0 Å². The topological polar surface area (TPSA) is 277 Å². The highest BCUT2D eigenvalue weighted by molar-refractivity contribution is 5.56. The molecule has 200 valence electrons. The largest absolute Gasteiger partial charge is 0.394 e. The number of aldehydes is 1. The first-order chi connectivity index (χ1) is 16.0. The van der Waals surface area contributed by atoms with Gasteiger partial charge in [0.25, 0.3) is 0 Å². The third-order valence-electron chi connectivity index (χ3n) is 5.63. The summed E-state index contributed by atoms with van der Waals surface area (Å²) < 4.78 is 20.9. The molecule has 2 saturated heterocycles. The van der Waals surface area contributed by atoms with E-state index >= 15 is 0 Å². The summed E-state index contributed by atoms with van der Waals surface area (Å²) in [6.45, 7) is -2.40. The van der Waals surface area contributed by atoms with Gasteiger partial charge in [0, 0.05) is 0 Å². The summed E-state index contributed by atoms with van der Waals surface area (Å²) in [5, 5.41) is 108. The van der Waals surface area contributed by atoms with Crippen molar-refractivity contribution in [3.8, 4) is 0 Å². The number of aliphatic hydroxyl groups excluding tert-OH is 11. The van der Waals surface area contributed by atoms with Gasteiger partial charge in [-0.2, -0.15) is 0 Å². The highest BCUT2D eigenvalue weighted by Crippen LogP contribution is 2.29. The van der Waals surface area contributed by atoms with Gasteiger partial charge in [-0.25, -0.2) is 0 Å². The van der Waals surface area contributed by atoms with Gasteiger partial charge in [0.2, 0.25) is 0 Å². The van der Waals surface area contributed by atoms with Gasteiger partial charge in [-0.05, 0) is 0 Å². The fourth-order valence-electron chi connectivity index (χ4n) is 3.49. The zero-order valence-corrected chi connectivity index (χ0v) is 17.7. The van der Waals surface area contributed by atoms with Crippen LogP contribution in [0.2, 0.25) is 0 Å². The maximum atomic E-state index is 10.6. The molecule has 0 amide bonds. The van der Waals surface area contributed by atoms with Gasteiger partial charge in [0.05, 0.1) is 19.8 Å². The van der Waals surface area contributed by atoms with Crippen molar-refractivity contribution in [3.63, 3.8) is 0 Å². The van der Waals surface area contributed by atoms with Crippen molar-refractivity contribution in [3.05, 3.63) is 0 Å². The van der Waals surface area contributed by atoms with Crippen LogP contribution in [0.5, 0.6) is 0 Å². The number of aliphatic hydroxyl groups is 11. The van der Waals surface area contributed by atoms with Crippen molar-refractivity contribution < 1.29 is 79.9 Å². The van der Waals surface area contributed by atoms with Crippen LogP contribution in [0.4, 0.5) is 0 Å². The van der Waals surface area contributed by atoms with Gasteiger partial charge in [-0.1, -0.05) is 0 Å². The van der Waals surface area contributed by atoms with Crippen molar-refractivity contribution in [2.75, 3.05) is 19.8 Å². The first kappa shape index (κ1) is 29.3. The molecule has 0 aliphatic carbocycles. The van der Waals surface area contributed by atoms with E-state index in [0.717, 1.165) is 0 Å². The molecule has 11 N–H and O–H groups in total. The van der Waals surface area contributed by atoms with Crippen LogP contribution in [0.15, 0.2) is 0 Å². The van der Waals surface area contributed by atoms with Crippen LogP contribution >= 0.6 is 0 Å². The van der Waals surface area contributed by atoms with E-state index in [9.17, 15) is 61.0 Å². The highest BCUT2D eigenvalue weighted by atomic mass is 16.7. The van der Waals surface area contributed by atoms with Gasteiger partial charge >= 0.3 is 0 Å². The van der Waals surface area contributed by atoms with E-state index in [0.29, 0.717) is 0 Å². The van der Waals surface area contributed by atoms with E-state index in [2.05, 4.69) is 0 Å². The normalized spacial score (nSPS) is 42.6. The number of carbonyl (C=O) groups is 1. The summed E-state index contributed by atoms with van der Waals surface area (Å²) in [6, 6.07) is 0. The Bertz CT molecular complexity index is 623. The van der Waals surface area contributed by atoms with Crippen molar-refractivity contribution in [1.82, 2.24) is 0 Å². The SMILES string of the molecule is O=C[C@H](O)[C@@H](O)[C@H](O)[C@H](O)CO[C@H]1O[C@H](CO)[C@@H](O)[C@H](O[C@H]2O[C@H](CO)[C@@H](O)[C@H](O)[C@H]2O)[C@H]1O. The maximum absolute atomic E-state index is 10.6. The van der Waals surface area contributed by atoms with Crippen molar-refractivity contribution in [1.29, 1.82) is 0 Å². The van der Waals surface area contributed by atoms with Gasteiger partial charge in [0.15, 0.2) is 18.9 Å². The third-order valence-corrected chi connectivity index (χ3v) is 5.63. The monoisotopic (exact) mass is 504 g/mol. The molecule has 2 fully saturated rings. The zero-order valence-electron chi connectivity index (χ0n) is 17.7. The number of rotatable bonds is 11. The molecule has 0 saturated carbocycles. The van der Waals surface area contributed by atoms with Gasteiger partial charge in [-0.3, -0.25) is 0 Å². The summed E-state index contributed by atoms with van der Waals surface area (Å²) in [5.41, 5.74) is 0. The maximum Gasteiger partial charge on any atom is 0.187 e. The lowest BCUT2D eigenvalue weighted by Gasteiger charge is -2.46. The van der Waals surface area contributed by atoms with E-state index in [4.69, 9.17) is 18.9 Å². The molecule has 0 radical (unpaired) electrons. The summed E-state index contributed by atoms with van der Waals surface area (Å²) >= 11 is 0. The molecular weight excluding hydrogens is 472 g/mol. The summed E-state index contributed by atoms with van der Waals surface area (Å²) in [7, 11) is 0. The van der Waals surface area contributed by atoms with E-state index in [1.54, 1.807) is 0 Å². The Balaban J connectivity index is 2.08. The van der Waals surface area contributed by atoms with Crippen LogP contribution in [-0.4, -0.2) is 168 Å². The Kier molecular flexibility index (Phi) is 11.1. The molecule has 2 aliphatic rings. The molecule has 0 aromatic heterocycles. The molecule has 2 rings (SSSR count). The number of ether oxygens (including phenoxy) is 4. The first-order valence-electron chi connectivity index (χ1n) is 10.4. The first-order valence-corrected chi connectivity index (χ1v) is 10.4. The second kappa shape index (κ2) is 12.9.